The largest absolute Gasteiger partial charge is 0.337 e. The number of H-pyrrole nitrogens is 1. The predicted molar refractivity (Wildman–Crippen MR) is 107 cm³/mol. The zero-order valence-electron chi connectivity index (χ0n) is 14.6. The summed E-state index contributed by atoms with van der Waals surface area (Å²) < 4.78 is 24.7. The number of allylic oxidation sites excluding steroid dienone is 1. The van der Waals surface area contributed by atoms with E-state index in [2.05, 4.69) is 16.0 Å². The average molecular weight is 389 g/mol. The van der Waals surface area contributed by atoms with Gasteiger partial charge in [0.1, 0.15) is 11.9 Å². The quantitative estimate of drug-likeness (QED) is 0.522. The summed E-state index contributed by atoms with van der Waals surface area (Å²) in [7, 11) is -3.75. The van der Waals surface area contributed by atoms with Gasteiger partial charge in [0.2, 0.25) is 10.0 Å². The number of nitriles is 1. The maximum Gasteiger partial charge on any atom is 0.238 e. The fourth-order valence-electron chi connectivity index (χ4n) is 2.93. The van der Waals surface area contributed by atoms with Crippen molar-refractivity contribution in [2.24, 2.45) is 5.14 Å². The van der Waals surface area contributed by atoms with Crippen LogP contribution in [0.3, 0.4) is 0 Å². The first-order chi connectivity index (χ1) is 13.5. The Morgan fingerprint density at radius 1 is 1.11 bits per heavy atom. The van der Waals surface area contributed by atoms with Crippen LogP contribution in [0.4, 0.5) is 0 Å². The molecule has 0 aliphatic heterocycles. The zero-order chi connectivity index (χ0) is 19.7. The molecule has 0 amide bonds. The van der Waals surface area contributed by atoms with Crippen molar-refractivity contribution in [3.8, 4) is 11.8 Å². The summed E-state index contributed by atoms with van der Waals surface area (Å²) in [5.74, 6) is 0.487. The zero-order valence-corrected chi connectivity index (χ0v) is 15.4. The van der Waals surface area contributed by atoms with Crippen LogP contribution in [0, 0.1) is 11.3 Å². The molecule has 0 fully saturated rings. The second-order valence-corrected chi connectivity index (χ2v) is 7.68. The molecule has 0 radical (unpaired) electrons. The molecule has 2 aromatic carbocycles. The van der Waals surface area contributed by atoms with Crippen molar-refractivity contribution in [2.45, 2.75) is 4.90 Å². The molecule has 0 aliphatic rings. The molecule has 2 heterocycles. The molecule has 0 aliphatic carbocycles. The minimum atomic E-state index is -3.75. The van der Waals surface area contributed by atoms with E-state index < -0.39 is 10.0 Å². The van der Waals surface area contributed by atoms with Crippen LogP contribution < -0.4 is 5.14 Å². The molecule has 0 unspecified atom stereocenters. The van der Waals surface area contributed by atoms with Crippen molar-refractivity contribution in [2.75, 3.05) is 0 Å². The monoisotopic (exact) mass is 389 g/mol. The first-order valence-electron chi connectivity index (χ1n) is 8.33. The van der Waals surface area contributed by atoms with Crippen molar-refractivity contribution in [1.29, 1.82) is 5.26 Å². The van der Waals surface area contributed by atoms with E-state index in [-0.39, 0.29) is 4.90 Å². The normalized spacial score (nSPS) is 12.2. The summed E-state index contributed by atoms with van der Waals surface area (Å²) in [4.78, 5) is 7.66. The SMILES string of the molecule is N#C/C(=C/c1cccn1-c1ccc(S(N)(=O)=O)cc1)c1nc2ccccc2[nH]1. The molecule has 28 heavy (non-hydrogen) atoms. The Labute approximate surface area is 161 Å². The Morgan fingerprint density at radius 3 is 2.54 bits per heavy atom. The minimum Gasteiger partial charge on any atom is -0.337 e. The van der Waals surface area contributed by atoms with Gasteiger partial charge in [0, 0.05) is 17.6 Å². The number of fused-ring (bicyclic) bond motifs is 1. The fourth-order valence-corrected chi connectivity index (χ4v) is 3.44. The summed E-state index contributed by atoms with van der Waals surface area (Å²) >= 11 is 0. The van der Waals surface area contributed by atoms with Gasteiger partial charge in [-0.05, 0) is 54.6 Å². The maximum atomic E-state index is 11.4. The van der Waals surface area contributed by atoms with Crippen LogP contribution in [-0.4, -0.2) is 23.0 Å². The molecule has 7 nitrogen and oxygen atoms in total. The second-order valence-electron chi connectivity index (χ2n) is 6.11. The number of aromatic nitrogens is 3. The smallest absolute Gasteiger partial charge is 0.238 e. The van der Waals surface area contributed by atoms with Gasteiger partial charge in [-0.2, -0.15) is 5.26 Å². The standard InChI is InChI=1S/C20H15N5O2S/c21-13-14(20-23-18-5-1-2-6-19(18)24-20)12-16-4-3-11-25(16)15-7-9-17(10-8-15)28(22,26)27/h1-12H,(H,23,24)(H2,22,26,27)/b14-12-. The lowest BCUT2D eigenvalue weighted by Gasteiger charge is -2.08. The topological polar surface area (TPSA) is 118 Å². The van der Waals surface area contributed by atoms with Gasteiger partial charge in [-0.25, -0.2) is 18.5 Å². The predicted octanol–water partition coefficient (Wildman–Crippen LogP) is 3.07. The van der Waals surface area contributed by atoms with Gasteiger partial charge in [-0.3, -0.25) is 0 Å². The Morgan fingerprint density at radius 2 is 1.86 bits per heavy atom. The molecule has 0 bridgehead atoms. The number of aromatic amines is 1. The lowest BCUT2D eigenvalue weighted by atomic mass is 10.2. The van der Waals surface area contributed by atoms with Gasteiger partial charge in [-0.15, -0.1) is 0 Å². The van der Waals surface area contributed by atoms with Crippen molar-refractivity contribution in [1.82, 2.24) is 14.5 Å². The van der Waals surface area contributed by atoms with Gasteiger partial charge >= 0.3 is 0 Å². The van der Waals surface area contributed by atoms with Gasteiger partial charge < -0.3 is 9.55 Å². The van der Waals surface area contributed by atoms with Crippen molar-refractivity contribution in [3.05, 3.63) is 78.4 Å². The first-order valence-corrected chi connectivity index (χ1v) is 9.88. The lowest BCUT2D eigenvalue weighted by molar-refractivity contribution is 0.598. The summed E-state index contributed by atoms with van der Waals surface area (Å²) in [5.41, 5.74) is 3.52. The Hall–Kier alpha value is -3.67. The summed E-state index contributed by atoms with van der Waals surface area (Å²) in [6.07, 6.45) is 3.55. The molecule has 4 aromatic rings. The molecule has 138 valence electrons. The number of nitrogens with two attached hydrogens (primary N) is 1. The average Bonchev–Trinajstić information content (AvgIpc) is 3.32. The number of nitrogens with zero attached hydrogens (tertiary/aromatic N) is 3. The van der Waals surface area contributed by atoms with E-state index in [1.165, 1.54) is 12.1 Å². The number of imidazole rings is 1. The van der Waals surface area contributed by atoms with Crippen LogP contribution in [0.1, 0.15) is 11.5 Å². The molecule has 0 saturated heterocycles. The second kappa shape index (κ2) is 6.81. The van der Waals surface area contributed by atoms with Gasteiger partial charge in [0.15, 0.2) is 0 Å². The van der Waals surface area contributed by atoms with Crippen molar-refractivity contribution < 1.29 is 8.42 Å². The summed E-state index contributed by atoms with van der Waals surface area (Å²) in [6.45, 7) is 0. The highest BCUT2D eigenvalue weighted by Gasteiger charge is 2.11. The van der Waals surface area contributed by atoms with Crippen molar-refractivity contribution in [3.63, 3.8) is 0 Å². The van der Waals surface area contributed by atoms with E-state index in [9.17, 15) is 13.7 Å². The Balaban J connectivity index is 1.74. The van der Waals surface area contributed by atoms with Crippen LogP contribution in [0.5, 0.6) is 0 Å². The number of para-hydroxylation sites is 2. The van der Waals surface area contributed by atoms with E-state index in [0.29, 0.717) is 11.4 Å². The molecule has 3 N–H and O–H groups in total. The highest BCUT2D eigenvalue weighted by atomic mass is 32.2. The molecule has 4 rings (SSSR count). The van der Waals surface area contributed by atoms with E-state index in [0.717, 1.165) is 22.4 Å². The van der Waals surface area contributed by atoms with E-state index in [1.807, 2.05) is 47.2 Å². The van der Waals surface area contributed by atoms with Crippen LogP contribution in [0.2, 0.25) is 0 Å². The summed E-state index contributed by atoms with van der Waals surface area (Å²) in [5, 5.41) is 14.8. The summed E-state index contributed by atoms with van der Waals surface area (Å²) in [6, 6.07) is 19.6. The van der Waals surface area contributed by atoms with Crippen molar-refractivity contribution >= 4 is 32.7 Å². The number of primary sulfonamides is 1. The highest BCUT2D eigenvalue weighted by Crippen LogP contribution is 2.22. The number of sulfonamides is 1. The fraction of sp³-hybridized carbons (Fsp3) is 0. The van der Waals surface area contributed by atoms with Crippen LogP contribution in [-0.2, 0) is 10.0 Å². The van der Waals surface area contributed by atoms with Gasteiger partial charge in [0.25, 0.3) is 0 Å². The van der Waals surface area contributed by atoms with Crippen LogP contribution in [0.15, 0.2) is 71.8 Å². The first kappa shape index (κ1) is 17.7. The highest BCUT2D eigenvalue weighted by molar-refractivity contribution is 7.89. The van der Waals surface area contributed by atoms with E-state index in [1.54, 1.807) is 18.2 Å². The molecular formula is C20H15N5O2S. The number of nitrogens with one attached hydrogen (secondary N) is 1. The third-order valence-electron chi connectivity index (χ3n) is 4.28. The molecule has 0 saturated carbocycles. The number of hydrogen-bond acceptors (Lipinski definition) is 4. The third kappa shape index (κ3) is 3.32. The molecule has 0 spiro atoms. The molecule has 8 heteroatoms. The third-order valence-corrected chi connectivity index (χ3v) is 5.21. The lowest BCUT2D eigenvalue weighted by Crippen LogP contribution is -2.12. The molecular weight excluding hydrogens is 374 g/mol. The number of hydrogen-bond donors (Lipinski definition) is 2. The Bertz CT molecular complexity index is 1310. The minimum absolute atomic E-state index is 0.0421. The number of rotatable bonds is 4. The Kier molecular flexibility index (Phi) is 4.31. The molecule has 0 atom stereocenters. The van der Waals surface area contributed by atoms with Gasteiger partial charge in [-0.1, -0.05) is 12.1 Å². The number of benzene rings is 2. The van der Waals surface area contributed by atoms with E-state index in [4.69, 9.17) is 5.14 Å². The molecule has 2 aromatic heterocycles. The maximum absolute atomic E-state index is 11.4. The van der Waals surface area contributed by atoms with Crippen LogP contribution >= 0.6 is 0 Å². The van der Waals surface area contributed by atoms with Crippen LogP contribution in [0.25, 0.3) is 28.4 Å². The van der Waals surface area contributed by atoms with Gasteiger partial charge in [0.05, 0.1) is 21.5 Å². The van der Waals surface area contributed by atoms with E-state index >= 15 is 0 Å².